The molecule has 1 unspecified atom stereocenters. The summed E-state index contributed by atoms with van der Waals surface area (Å²) in [5.41, 5.74) is 0. The van der Waals surface area contributed by atoms with Crippen LogP contribution >= 0.6 is 0 Å². The molecule has 0 spiro atoms. The summed E-state index contributed by atoms with van der Waals surface area (Å²) < 4.78 is 12.1. The maximum absolute atomic E-state index is 6.07. The van der Waals surface area contributed by atoms with Crippen molar-refractivity contribution in [3.63, 3.8) is 0 Å². The minimum atomic E-state index is -1.89. The van der Waals surface area contributed by atoms with Crippen molar-refractivity contribution in [3.05, 3.63) is 0 Å². The maximum Gasteiger partial charge on any atom is 0.331 e. The first kappa shape index (κ1) is 20.1. The van der Waals surface area contributed by atoms with E-state index in [0.29, 0.717) is 6.10 Å². The van der Waals surface area contributed by atoms with Crippen LogP contribution in [0.3, 0.4) is 0 Å². The van der Waals surface area contributed by atoms with Gasteiger partial charge in [-0.1, -0.05) is 65.2 Å². The SMILES string of the molecule is CCCCCCCCCCO[Si](C)(C)OC(C)CCC. The second-order valence-corrected chi connectivity index (χ2v) is 9.76. The van der Waals surface area contributed by atoms with E-state index in [2.05, 4.69) is 33.9 Å². The Bertz CT molecular complexity index is 207. The van der Waals surface area contributed by atoms with Gasteiger partial charge in [-0.3, -0.25) is 0 Å². The Morgan fingerprint density at radius 1 is 0.800 bits per heavy atom. The molecule has 0 rings (SSSR count). The number of hydrogen-bond acceptors (Lipinski definition) is 2. The van der Waals surface area contributed by atoms with Crippen molar-refractivity contribution in [1.29, 1.82) is 0 Å². The highest BCUT2D eigenvalue weighted by Crippen LogP contribution is 2.14. The summed E-state index contributed by atoms with van der Waals surface area (Å²) in [6, 6.07) is 0. The third-order valence-electron chi connectivity index (χ3n) is 3.63. The lowest BCUT2D eigenvalue weighted by Crippen LogP contribution is -2.38. The summed E-state index contributed by atoms with van der Waals surface area (Å²) in [5, 5.41) is 0. The zero-order valence-electron chi connectivity index (χ0n) is 14.7. The molecule has 2 nitrogen and oxygen atoms in total. The number of rotatable bonds is 14. The molecule has 0 heterocycles. The van der Waals surface area contributed by atoms with Gasteiger partial charge >= 0.3 is 8.56 Å². The van der Waals surface area contributed by atoms with Crippen LogP contribution in [-0.4, -0.2) is 21.3 Å². The zero-order valence-corrected chi connectivity index (χ0v) is 15.7. The molecule has 0 aromatic carbocycles. The van der Waals surface area contributed by atoms with Gasteiger partial charge in [0, 0.05) is 12.7 Å². The van der Waals surface area contributed by atoms with Crippen LogP contribution < -0.4 is 0 Å². The van der Waals surface area contributed by atoms with Gasteiger partial charge in [0.05, 0.1) is 0 Å². The number of hydrogen-bond donors (Lipinski definition) is 0. The molecule has 0 aromatic heterocycles. The summed E-state index contributed by atoms with van der Waals surface area (Å²) in [7, 11) is -1.89. The average Bonchev–Trinajstić information content (AvgIpc) is 2.36. The lowest BCUT2D eigenvalue weighted by atomic mass is 10.1. The van der Waals surface area contributed by atoms with Crippen molar-refractivity contribution in [2.75, 3.05) is 6.61 Å². The molecule has 122 valence electrons. The third kappa shape index (κ3) is 13.1. The van der Waals surface area contributed by atoms with Crippen molar-refractivity contribution < 1.29 is 8.85 Å². The fourth-order valence-electron chi connectivity index (χ4n) is 2.54. The molecule has 0 radical (unpaired) electrons. The molecule has 0 bridgehead atoms. The molecule has 0 aliphatic rings. The van der Waals surface area contributed by atoms with Crippen LogP contribution in [0.4, 0.5) is 0 Å². The third-order valence-corrected chi connectivity index (χ3v) is 5.50. The Labute approximate surface area is 128 Å². The van der Waals surface area contributed by atoms with Crippen molar-refractivity contribution in [3.8, 4) is 0 Å². The van der Waals surface area contributed by atoms with Gasteiger partial charge in [0.2, 0.25) is 0 Å². The molecule has 0 saturated carbocycles. The smallest absolute Gasteiger partial charge is 0.331 e. The Balaban J connectivity index is 3.43. The molecule has 0 N–H and O–H groups in total. The summed E-state index contributed by atoms with van der Waals surface area (Å²) in [5.74, 6) is 0. The highest BCUT2D eigenvalue weighted by Gasteiger charge is 2.26. The van der Waals surface area contributed by atoms with E-state index in [4.69, 9.17) is 8.85 Å². The molecule has 0 amide bonds. The van der Waals surface area contributed by atoms with Crippen molar-refractivity contribution in [1.82, 2.24) is 0 Å². The zero-order chi connectivity index (χ0) is 15.3. The molecule has 0 aromatic rings. The molecule has 0 aliphatic heterocycles. The first-order valence-corrected chi connectivity index (χ1v) is 11.6. The molecule has 0 saturated heterocycles. The number of unbranched alkanes of at least 4 members (excludes halogenated alkanes) is 7. The Hall–Kier alpha value is 0.137. The molecule has 0 aliphatic carbocycles. The molecule has 20 heavy (non-hydrogen) atoms. The van der Waals surface area contributed by atoms with Crippen molar-refractivity contribution in [2.45, 2.75) is 104 Å². The summed E-state index contributed by atoms with van der Waals surface area (Å²) >= 11 is 0. The second-order valence-electron chi connectivity index (χ2n) is 6.44. The van der Waals surface area contributed by atoms with E-state index >= 15 is 0 Å². The molecular formula is C17H38O2Si. The average molecular weight is 303 g/mol. The maximum atomic E-state index is 6.07. The molecular weight excluding hydrogens is 264 g/mol. The molecule has 3 heteroatoms. The van der Waals surface area contributed by atoms with Gasteiger partial charge in [0.15, 0.2) is 0 Å². The Morgan fingerprint density at radius 2 is 1.35 bits per heavy atom. The normalized spacial score (nSPS) is 13.7. The van der Waals surface area contributed by atoms with Crippen LogP contribution in [0.5, 0.6) is 0 Å². The minimum absolute atomic E-state index is 0.347. The van der Waals surface area contributed by atoms with Crippen LogP contribution in [0.2, 0.25) is 13.1 Å². The van der Waals surface area contributed by atoms with Gasteiger partial charge in [-0.05, 0) is 32.9 Å². The van der Waals surface area contributed by atoms with Gasteiger partial charge in [-0.2, -0.15) is 0 Å². The van der Waals surface area contributed by atoms with Gasteiger partial charge in [-0.15, -0.1) is 0 Å². The fourth-order valence-corrected chi connectivity index (χ4v) is 4.33. The van der Waals surface area contributed by atoms with E-state index < -0.39 is 8.56 Å². The van der Waals surface area contributed by atoms with Crippen LogP contribution in [0.25, 0.3) is 0 Å². The lowest BCUT2D eigenvalue weighted by Gasteiger charge is -2.26. The van der Waals surface area contributed by atoms with Gasteiger partial charge in [0.25, 0.3) is 0 Å². The monoisotopic (exact) mass is 302 g/mol. The predicted molar refractivity (Wildman–Crippen MR) is 91.5 cm³/mol. The fraction of sp³-hybridized carbons (Fsp3) is 1.00. The minimum Gasteiger partial charge on any atom is -0.395 e. The van der Waals surface area contributed by atoms with E-state index in [0.717, 1.165) is 13.0 Å². The van der Waals surface area contributed by atoms with E-state index in [1.54, 1.807) is 0 Å². The van der Waals surface area contributed by atoms with E-state index in [9.17, 15) is 0 Å². The Morgan fingerprint density at radius 3 is 1.90 bits per heavy atom. The van der Waals surface area contributed by atoms with Crippen molar-refractivity contribution in [2.24, 2.45) is 0 Å². The van der Waals surface area contributed by atoms with Gasteiger partial charge in [-0.25, -0.2) is 0 Å². The second kappa shape index (κ2) is 12.8. The first-order valence-electron chi connectivity index (χ1n) is 8.83. The summed E-state index contributed by atoms with van der Waals surface area (Å²) in [6.07, 6.45) is 13.5. The van der Waals surface area contributed by atoms with Gasteiger partial charge < -0.3 is 8.85 Å². The van der Waals surface area contributed by atoms with E-state index in [1.807, 2.05) is 0 Å². The topological polar surface area (TPSA) is 18.5 Å². The van der Waals surface area contributed by atoms with Crippen LogP contribution in [-0.2, 0) is 8.85 Å². The van der Waals surface area contributed by atoms with Crippen molar-refractivity contribution >= 4 is 8.56 Å². The predicted octanol–water partition coefficient (Wildman–Crippen LogP) is 6.05. The van der Waals surface area contributed by atoms with Crippen LogP contribution in [0, 0.1) is 0 Å². The highest BCUT2D eigenvalue weighted by molar-refractivity contribution is 6.64. The van der Waals surface area contributed by atoms with Crippen LogP contribution in [0.1, 0.15) is 85.0 Å². The Kier molecular flexibility index (Phi) is 12.9. The molecule has 1 atom stereocenters. The van der Waals surface area contributed by atoms with Gasteiger partial charge in [0.1, 0.15) is 0 Å². The lowest BCUT2D eigenvalue weighted by molar-refractivity contribution is 0.123. The van der Waals surface area contributed by atoms with E-state index in [1.165, 1.54) is 57.8 Å². The molecule has 0 fully saturated rings. The van der Waals surface area contributed by atoms with E-state index in [-0.39, 0.29) is 0 Å². The first-order chi connectivity index (χ1) is 9.52. The summed E-state index contributed by atoms with van der Waals surface area (Å²) in [4.78, 5) is 0. The summed E-state index contributed by atoms with van der Waals surface area (Å²) in [6.45, 7) is 11.9. The standard InChI is InChI=1S/C17H38O2Si/c1-6-8-9-10-11-12-13-14-16-18-20(4,5)19-17(3)15-7-2/h17H,6-16H2,1-5H3. The highest BCUT2D eigenvalue weighted by atomic mass is 28.4. The quantitative estimate of drug-likeness (QED) is 0.287. The largest absolute Gasteiger partial charge is 0.395 e. The van der Waals surface area contributed by atoms with Crippen LogP contribution in [0.15, 0.2) is 0 Å².